The zero-order valence-electron chi connectivity index (χ0n) is 21.4. The number of rotatable bonds is 3. The second-order valence-electron chi connectivity index (χ2n) is 9.24. The van der Waals surface area contributed by atoms with Gasteiger partial charge in [0.25, 0.3) is 0 Å². The van der Waals surface area contributed by atoms with Crippen molar-refractivity contribution in [1.82, 2.24) is 31.9 Å². The third-order valence-electron chi connectivity index (χ3n) is 5.35. The second kappa shape index (κ2) is 13.7. The SMILES string of the molecule is CC[C@@H]1NC(=O)CNC(=O)C(NC)C(C)(C)SSC(C)(C)C(C(N)=O)NC(=O)CNC(=O)CNC1=O. The van der Waals surface area contributed by atoms with E-state index in [1.165, 1.54) is 21.6 Å². The molecule has 0 aromatic rings. The molecule has 0 bridgehead atoms. The number of hydrogen-bond donors (Lipinski definition) is 7. The van der Waals surface area contributed by atoms with Gasteiger partial charge in [-0.25, -0.2) is 0 Å². The zero-order chi connectivity index (χ0) is 27.7. The molecule has 0 aliphatic carbocycles. The van der Waals surface area contributed by atoms with Crippen LogP contribution in [0.5, 0.6) is 0 Å². The highest BCUT2D eigenvalue weighted by Gasteiger charge is 2.41. The maximum absolute atomic E-state index is 12.9. The molecular formula is C21H37N7O6S2. The van der Waals surface area contributed by atoms with Crippen LogP contribution in [0.25, 0.3) is 0 Å². The molecular weight excluding hydrogens is 510 g/mol. The van der Waals surface area contributed by atoms with Crippen molar-refractivity contribution in [2.75, 3.05) is 26.7 Å². The van der Waals surface area contributed by atoms with Gasteiger partial charge in [0.15, 0.2) is 0 Å². The summed E-state index contributed by atoms with van der Waals surface area (Å²) >= 11 is 0. The Morgan fingerprint density at radius 2 is 1.36 bits per heavy atom. The van der Waals surface area contributed by atoms with Crippen LogP contribution < -0.4 is 37.6 Å². The number of hydrogen-bond acceptors (Lipinski definition) is 9. The maximum Gasteiger partial charge on any atom is 0.243 e. The summed E-state index contributed by atoms with van der Waals surface area (Å²) in [6.07, 6.45) is 0.250. The molecule has 0 saturated carbocycles. The largest absolute Gasteiger partial charge is 0.368 e. The van der Waals surface area contributed by atoms with E-state index in [0.29, 0.717) is 0 Å². The first-order valence-electron chi connectivity index (χ1n) is 11.4. The lowest BCUT2D eigenvalue weighted by atomic mass is 10.0. The van der Waals surface area contributed by atoms with Gasteiger partial charge < -0.3 is 37.6 Å². The Labute approximate surface area is 218 Å². The molecule has 6 amide bonds. The van der Waals surface area contributed by atoms with Crippen LogP contribution in [0.15, 0.2) is 0 Å². The molecule has 0 spiro atoms. The third-order valence-corrected chi connectivity index (χ3v) is 9.60. The van der Waals surface area contributed by atoms with E-state index in [1.54, 1.807) is 27.8 Å². The van der Waals surface area contributed by atoms with Crippen LogP contribution in [0.3, 0.4) is 0 Å². The molecule has 8 N–H and O–H groups in total. The minimum atomic E-state index is -1.09. The average Bonchev–Trinajstić information content (AvgIpc) is 2.79. The first-order valence-corrected chi connectivity index (χ1v) is 13.5. The molecule has 204 valence electrons. The summed E-state index contributed by atoms with van der Waals surface area (Å²) in [7, 11) is 4.19. The fourth-order valence-electron chi connectivity index (χ4n) is 3.30. The van der Waals surface area contributed by atoms with Gasteiger partial charge in [-0.1, -0.05) is 28.5 Å². The van der Waals surface area contributed by atoms with Crippen LogP contribution in [0.1, 0.15) is 41.0 Å². The lowest BCUT2D eigenvalue weighted by Gasteiger charge is -2.37. The molecule has 1 aliphatic heterocycles. The van der Waals surface area contributed by atoms with Crippen LogP contribution in [0, 0.1) is 0 Å². The van der Waals surface area contributed by atoms with Crippen LogP contribution in [-0.2, 0) is 28.8 Å². The average molecular weight is 548 g/mol. The van der Waals surface area contributed by atoms with Crippen molar-refractivity contribution in [2.45, 2.75) is 68.7 Å². The Morgan fingerprint density at radius 3 is 1.92 bits per heavy atom. The van der Waals surface area contributed by atoms with Crippen LogP contribution >= 0.6 is 21.6 Å². The van der Waals surface area contributed by atoms with Crippen molar-refractivity contribution < 1.29 is 28.8 Å². The summed E-state index contributed by atoms with van der Waals surface area (Å²) in [6.45, 7) is 7.54. The van der Waals surface area contributed by atoms with Gasteiger partial charge in [-0.15, -0.1) is 0 Å². The van der Waals surface area contributed by atoms with E-state index in [9.17, 15) is 28.8 Å². The third kappa shape index (κ3) is 9.50. The monoisotopic (exact) mass is 547 g/mol. The highest BCUT2D eigenvalue weighted by molar-refractivity contribution is 8.77. The predicted molar refractivity (Wildman–Crippen MR) is 139 cm³/mol. The van der Waals surface area contributed by atoms with E-state index < -0.39 is 76.2 Å². The fraction of sp³-hybridized carbons (Fsp3) is 0.714. The molecule has 0 radical (unpaired) electrons. The lowest BCUT2D eigenvalue weighted by Crippen LogP contribution is -2.58. The Hall–Kier alpha value is -2.52. The van der Waals surface area contributed by atoms with E-state index >= 15 is 0 Å². The first kappa shape index (κ1) is 31.5. The van der Waals surface area contributed by atoms with Gasteiger partial charge in [0.05, 0.1) is 19.6 Å². The number of likely N-dealkylation sites (N-methyl/N-ethyl adjacent to an activating group) is 1. The molecule has 0 aromatic heterocycles. The number of amides is 6. The van der Waals surface area contributed by atoms with Crippen LogP contribution in [-0.4, -0.2) is 89.7 Å². The van der Waals surface area contributed by atoms with Crippen LogP contribution in [0.4, 0.5) is 0 Å². The van der Waals surface area contributed by atoms with Crippen molar-refractivity contribution in [3.63, 3.8) is 0 Å². The van der Waals surface area contributed by atoms with Gasteiger partial charge >= 0.3 is 0 Å². The molecule has 1 rings (SSSR count). The number of carbonyl (C=O) groups excluding carboxylic acids is 6. The smallest absolute Gasteiger partial charge is 0.243 e. The van der Waals surface area contributed by atoms with E-state index in [1.807, 2.05) is 13.8 Å². The Kier molecular flexibility index (Phi) is 12.0. The Bertz CT molecular complexity index is 868. The summed E-state index contributed by atoms with van der Waals surface area (Å²) in [6, 6.07) is -2.74. The van der Waals surface area contributed by atoms with E-state index in [0.717, 1.165) is 0 Å². The summed E-state index contributed by atoms with van der Waals surface area (Å²) in [5, 5.41) is 15.3. The van der Waals surface area contributed by atoms with E-state index in [2.05, 4.69) is 31.9 Å². The quantitative estimate of drug-likeness (QED) is 0.190. The standard InChI is InChI=1S/C21H37N7O6S2/c1-7-11-18(33)25-8-12(29)24-9-14(31)28-15(17(22)32)20(2,3)35-36-21(4,5)16(23-6)19(34)26-10-13(30)27-11/h11,15-16,23H,7-10H2,1-6H3,(H2,22,32)(H,24,29)(H,25,33)(H,26,34)(H,27,30)(H,28,31)/t11-,15?,16?/m0/s1. The van der Waals surface area contributed by atoms with Crippen LogP contribution in [0.2, 0.25) is 0 Å². The molecule has 3 atom stereocenters. The minimum absolute atomic E-state index is 0.250. The zero-order valence-corrected chi connectivity index (χ0v) is 23.0. The molecule has 36 heavy (non-hydrogen) atoms. The second-order valence-corrected chi connectivity index (χ2v) is 12.7. The van der Waals surface area contributed by atoms with E-state index in [-0.39, 0.29) is 13.0 Å². The molecule has 15 heteroatoms. The normalized spacial score (nSPS) is 26.9. The minimum Gasteiger partial charge on any atom is -0.368 e. The number of nitrogens with one attached hydrogen (secondary N) is 6. The molecule has 1 heterocycles. The number of nitrogens with two attached hydrogens (primary N) is 1. The predicted octanol–water partition coefficient (Wildman–Crippen LogP) is -2.26. The summed E-state index contributed by atoms with van der Waals surface area (Å²) in [5.41, 5.74) is 5.56. The molecule has 1 saturated heterocycles. The van der Waals surface area contributed by atoms with Crippen molar-refractivity contribution in [2.24, 2.45) is 5.73 Å². The van der Waals surface area contributed by atoms with Crippen molar-refractivity contribution >= 4 is 57.0 Å². The summed E-state index contributed by atoms with van der Waals surface area (Å²) in [4.78, 5) is 74.3. The first-order chi connectivity index (χ1) is 16.6. The molecule has 1 fully saturated rings. The lowest BCUT2D eigenvalue weighted by molar-refractivity contribution is -0.131. The van der Waals surface area contributed by atoms with Gasteiger partial charge in [0, 0.05) is 9.49 Å². The summed E-state index contributed by atoms with van der Waals surface area (Å²) in [5.74, 6) is -3.64. The highest BCUT2D eigenvalue weighted by Crippen LogP contribution is 2.46. The molecule has 0 aromatic carbocycles. The fourth-order valence-corrected chi connectivity index (χ4v) is 6.19. The number of primary amides is 1. The highest BCUT2D eigenvalue weighted by atomic mass is 33.1. The Balaban J connectivity index is 3.19. The van der Waals surface area contributed by atoms with E-state index in [4.69, 9.17) is 5.73 Å². The van der Waals surface area contributed by atoms with Gasteiger partial charge in [-0.05, 0) is 41.2 Å². The molecule has 2 unspecified atom stereocenters. The maximum atomic E-state index is 12.9. The number of carbonyl (C=O) groups is 6. The van der Waals surface area contributed by atoms with Gasteiger partial charge in [0.1, 0.15) is 18.1 Å². The van der Waals surface area contributed by atoms with Crippen molar-refractivity contribution in [3.8, 4) is 0 Å². The topological polar surface area (TPSA) is 201 Å². The van der Waals surface area contributed by atoms with Crippen molar-refractivity contribution in [3.05, 3.63) is 0 Å². The van der Waals surface area contributed by atoms with Gasteiger partial charge in [-0.2, -0.15) is 0 Å². The molecule has 1 aliphatic rings. The summed E-state index contributed by atoms with van der Waals surface area (Å²) < 4.78 is -1.63. The molecule has 13 nitrogen and oxygen atoms in total. The van der Waals surface area contributed by atoms with Gasteiger partial charge in [0.2, 0.25) is 35.4 Å². The van der Waals surface area contributed by atoms with Gasteiger partial charge in [-0.3, -0.25) is 28.8 Å². The Morgan fingerprint density at radius 1 is 0.861 bits per heavy atom. The van der Waals surface area contributed by atoms with Crippen molar-refractivity contribution in [1.29, 1.82) is 0 Å².